The second-order valence-corrected chi connectivity index (χ2v) is 5.91. The maximum Gasteiger partial charge on any atom is 0.242 e. The minimum absolute atomic E-state index is 0.304. The number of amides is 1. The van der Waals surface area contributed by atoms with Gasteiger partial charge in [-0.3, -0.25) is 4.79 Å². The van der Waals surface area contributed by atoms with Gasteiger partial charge in [-0.25, -0.2) is 0 Å². The highest BCUT2D eigenvalue weighted by atomic mass is 16.5. The Hall–Kier alpha value is -0.610. The number of likely N-dealkylation sites (tertiary alicyclic amines) is 1. The second-order valence-electron chi connectivity index (χ2n) is 5.91. The predicted molar refractivity (Wildman–Crippen MR) is 71.4 cm³/mol. The van der Waals surface area contributed by atoms with E-state index in [2.05, 4.69) is 12.2 Å². The minimum Gasteiger partial charge on any atom is -0.384 e. The van der Waals surface area contributed by atoms with Crippen LogP contribution in [0.4, 0.5) is 0 Å². The van der Waals surface area contributed by atoms with Gasteiger partial charge in [0.25, 0.3) is 0 Å². The minimum atomic E-state index is -0.313. The molecule has 2 heterocycles. The molecule has 18 heavy (non-hydrogen) atoms. The Labute approximate surface area is 110 Å². The summed E-state index contributed by atoms with van der Waals surface area (Å²) < 4.78 is 5.20. The highest BCUT2D eigenvalue weighted by Gasteiger charge is 2.38. The fourth-order valence-corrected chi connectivity index (χ4v) is 3.13. The van der Waals surface area contributed by atoms with Crippen LogP contribution in [0.5, 0.6) is 0 Å². The fraction of sp³-hybridized carbons (Fsp3) is 0.929. The molecular formula is C14H26N2O2. The first-order valence-electron chi connectivity index (χ1n) is 7.19. The summed E-state index contributed by atoms with van der Waals surface area (Å²) in [6.45, 7) is 5.66. The molecule has 4 nitrogen and oxygen atoms in total. The molecule has 0 spiro atoms. The summed E-state index contributed by atoms with van der Waals surface area (Å²) in [6.07, 6.45) is 5.49. The van der Waals surface area contributed by atoms with Gasteiger partial charge in [-0.2, -0.15) is 0 Å². The van der Waals surface area contributed by atoms with E-state index in [0.717, 1.165) is 51.9 Å². The van der Waals surface area contributed by atoms with Crippen molar-refractivity contribution >= 4 is 5.91 Å². The van der Waals surface area contributed by atoms with Crippen LogP contribution in [0.1, 0.15) is 39.0 Å². The summed E-state index contributed by atoms with van der Waals surface area (Å²) >= 11 is 0. The van der Waals surface area contributed by atoms with Crippen LogP contribution >= 0.6 is 0 Å². The Bertz CT molecular complexity index is 280. The summed E-state index contributed by atoms with van der Waals surface area (Å²) in [6, 6.07) is 0. The van der Waals surface area contributed by atoms with Gasteiger partial charge in [-0.15, -0.1) is 0 Å². The molecule has 1 amide bonds. The van der Waals surface area contributed by atoms with Crippen molar-refractivity contribution in [3.63, 3.8) is 0 Å². The van der Waals surface area contributed by atoms with E-state index < -0.39 is 0 Å². The molecule has 1 atom stereocenters. The lowest BCUT2D eigenvalue weighted by Crippen LogP contribution is -2.59. The van der Waals surface area contributed by atoms with Crippen molar-refractivity contribution in [1.29, 1.82) is 0 Å². The number of ether oxygens (including phenoxy) is 1. The van der Waals surface area contributed by atoms with E-state index >= 15 is 0 Å². The van der Waals surface area contributed by atoms with E-state index in [1.165, 1.54) is 6.42 Å². The topological polar surface area (TPSA) is 41.6 Å². The maximum absolute atomic E-state index is 12.6. The van der Waals surface area contributed by atoms with Crippen LogP contribution in [0.25, 0.3) is 0 Å². The number of methoxy groups -OCH3 is 1. The molecule has 0 bridgehead atoms. The number of piperidine rings is 2. The van der Waals surface area contributed by atoms with Crippen LogP contribution in [0.2, 0.25) is 0 Å². The fourth-order valence-electron chi connectivity index (χ4n) is 3.13. The van der Waals surface area contributed by atoms with Crippen molar-refractivity contribution in [2.24, 2.45) is 5.92 Å². The van der Waals surface area contributed by atoms with Crippen molar-refractivity contribution < 1.29 is 9.53 Å². The molecule has 0 radical (unpaired) electrons. The molecule has 2 fully saturated rings. The summed E-state index contributed by atoms with van der Waals surface area (Å²) in [5.74, 6) is 0.934. The predicted octanol–water partition coefficient (Wildman–Crippen LogP) is 1.40. The highest BCUT2D eigenvalue weighted by Crippen LogP contribution is 2.25. The summed E-state index contributed by atoms with van der Waals surface area (Å²) in [4.78, 5) is 14.6. The Balaban J connectivity index is 1.86. The van der Waals surface area contributed by atoms with Crippen molar-refractivity contribution in [1.82, 2.24) is 10.2 Å². The standard InChI is InChI=1S/C14H26N2O2/c1-14(7-3-4-8-15-14)13(17)16-9-5-12(6-10-16)11-18-2/h12,15H,3-11H2,1-2H3. The Kier molecular flexibility index (Phi) is 4.62. The van der Waals surface area contributed by atoms with Crippen LogP contribution in [0.3, 0.4) is 0 Å². The van der Waals surface area contributed by atoms with Gasteiger partial charge in [0, 0.05) is 26.8 Å². The van der Waals surface area contributed by atoms with Crippen molar-refractivity contribution in [2.45, 2.75) is 44.6 Å². The zero-order valence-corrected chi connectivity index (χ0v) is 11.7. The van der Waals surface area contributed by atoms with E-state index in [9.17, 15) is 4.79 Å². The van der Waals surface area contributed by atoms with Gasteiger partial charge >= 0.3 is 0 Å². The van der Waals surface area contributed by atoms with Gasteiger partial charge in [0.2, 0.25) is 5.91 Å². The summed E-state index contributed by atoms with van der Waals surface area (Å²) in [5, 5.41) is 3.41. The molecule has 0 aromatic rings. The first-order valence-corrected chi connectivity index (χ1v) is 7.19. The van der Waals surface area contributed by atoms with E-state index in [1.54, 1.807) is 7.11 Å². The van der Waals surface area contributed by atoms with Crippen molar-refractivity contribution in [3.05, 3.63) is 0 Å². The third-order valence-corrected chi connectivity index (χ3v) is 4.39. The smallest absolute Gasteiger partial charge is 0.242 e. The molecular weight excluding hydrogens is 228 g/mol. The maximum atomic E-state index is 12.6. The molecule has 0 aliphatic carbocycles. The summed E-state index contributed by atoms with van der Waals surface area (Å²) in [5.41, 5.74) is -0.313. The molecule has 0 aromatic heterocycles. The molecule has 0 aromatic carbocycles. The average Bonchev–Trinajstić information content (AvgIpc) is 2.40. The zero-order chi connectivity index (χ0) is 13.0. The van der Waals surface area contributed by atoms with Crippen LogP contribution in [0, 0.1) is 5.92 Å². The van der Waals surface area contributed by atoms with E-state index in [-0.39, 0.29) is 5.54 Å². The molecule has 2 saturated heterocycles. The van der Waals surface area contributed by atoms with Gasteiger partial charge < -0.3 is 15.0 Å². The van der Waals surface area contributed by atoms with Gasteiger partial charge in [0.15, 0.2) is 0 Å². The second kappa shape index (κ2) is 6.02. The zero-order valence-electron chi connectivity index (χ0n) is 11.7. The number of hydrogen-bond donors (Lipinski definition) is 1. The normalized spacial score (nSPS) is 30.4. The Morgan fingerprint density at radius 3 is 2.67 bits per heavy atom. The molecule has 2 rings (SSSR count). The molecule has 1 N–H and O–H groups in total. The lowest BCUT2D eigenvalue weighted by atomic mass is 9.88. The quantitative estimate of drug-likeness (QED) is 0.828. The van der Waals surface area contributed by atoms with Gasteiger partial charge in [0.1, 0.15) is 0 Å². The van der Waals surface area contributed by atoms with Gasteiger partial charge in [-0.1, -0.05) is 0 Å². The SMILES string of the molecule is COCC1CCN(C(=O)C2(C)CCCCN2)CC1. The van der Waals surface area contributed by atoms with E-state index in [1.807, 2.05) is 4.90 Å². The van der Waals surface area contributed by atoms with Crippen molar-refractivity contribution in [2.75, 3.05) is 33.4 Å². The lowest BCUT2D eigenvalue weighted by molar-refractivity contribution is -0.140. The Morgan fingerprint density at radius 2 is 2.11 bits per heavy atom. The monoisotopic (exact) mass is 254 g/mol. The largest absolute Gasteiger partial charge is 0.384 e. The first-order chi connectivity index (χ1) is 8.65. The number of nitrogens with zero attached hydrogens (tertiary/aromatic N) is 1. The van der Waals surface area contributed by atoms with Crippen LogP contribution in [-0.2, 0) is 9.53 Å². The number of hydrogen-bond acceptors (Lipinski definition) is 3. The third kappa shape index (κ3) is 3.04. The molecule has 0 saturated carbocycles. The molecule has 1 unspecified atom stereocenters. The Morgan fingerprint density at radius 1 is 1.39 bits per heavy atom. The number of carbonyl (C=O) groups excluding carboxylic acids is 1. The van der Waals surface area contributed by atoms with Gasteiger partial charge in [-0.05, 0) is 51.5 Å². The lowest BCUT2D eigenvalue weighted by Gasteiger charge is -2.40. The molecule has 104 valence electrons. The average molecular weight is 254 g/mol. The summed E-state index contributed by atoms with van der Waals surface area (Å²) in [7, 11) is 1.75. The van der Waals surface area contributed by atoms with E-state index in [4.69, 9.17) is 4.74 Å². The van der Waals surface area contributed by atoms with E-state index in [0.29, 0.717) is 11.8 Å². The highest BCUT2D eigenvalue weighted by molar-refractivity contribution is 5.86. The third-order valence-electron chi connectivity index (χ3n) is 4.39. The van der Waals surface area contributed by atoms with Crippen molar-refractivity contribution in [3.8, 4) is 0 Å². The molecule has 2 aliphatic rings. The van der Waals surface area contributed by atoms with Crippen LogP contribution in [0.15, 0.2) is 0 Å². The van der Waals surface area contributed by atoms with Crippen LogP contribution < -0.4 is 5.32 Å². The van der Waals surface area contributed by atoms with Gasteiger partial charge in [0.05, 0.1) is 5.54 Å². The number of nitrogens with one attached hydrogen (secondary N) is 1. The number of carbonyl (C=O) groups is 1. The molecule has 2 aliphatic heterocycles. The first kappa shape index (κ1) is 13.8. The van der Waals surface area contributed by atoms with Crippen LogP contribution in [-0.4, -0.2) is 49.7 Å². The molecule has 4 heteroatoms. The number of rotatable bonds is 3.